The zero-order valence-corrected chi connectivity index (χ0v) is 13.8. The number of nitrogens with one attached hydrogen (secondary N) is 2. The van der Waals surface area contributed by atoms with E-state index in [-0.39, 0.29) is 42.2 Å². The third kappa shape index (κ3) is 8.55. The number of hydrogen-bond donors (Lipinski definition) is 2. The van der Waals surface area contributed by atoms with Crippen LogP contribution in [0.3, 0.4) is 0 Å². The van der Waals surface area contributed by atoms with E-state index in [9.17, 15) is 13.2 Å². The molecule has 1 heterocycles. The molecule has 0 aromatic rings. The molecule has 1 aliphatic heterocycles. The van der Waals surface area contributed by atoms with Gasteiger partial charge in [-0.2, -0.15) is 0 Å². The fourth-order valence-corrected chi connectivity index (χ4v) is 3.65. The molecule has 0 saturated carbocycles. The lowest BCUT2D eigenvalue weighted by Crippen LogP contribution is -2.31. The number of hydrogen-bond acceptors (Lipinski definition) is 4. The minimum atomic E-state index is -3.10. The Balaban J connectivity index is 0.00000361. The summed E-state index contributed by atoms with van der Waals surface area (Å²) < 4.78 is 23.3. The lowest BCUT2D eigenvalue weighted by molar-refractivity contribution is -0.120. The molecule has 0 unspecified atom stereocenters. The Labute approximate surface area is 127 Å². The molecule has 1 rings (SSSR count). The molecule has 118 valence electrons. The van der Waals surface area contributed by atoms with Gasteiger partial charge in [0.05, 0.1) is 11.5 Å². The molecule has 1 amide bonds. The quantitative estimate of drug-likeness (QED) is 0.682. The molecular formula is C13H25ClN2O3S. The van der Waals surface area contributed by atoms with Crippen molar-refractivity contribution in [3.63, 3.8) is 0 Å². The summed E-state index contributed by atoms with van der Waals surface area (Å²) in [5.41, 5.74) is 1.21. The lowest BCUT2D eigenvalue weighted by Gasteiger charge is -2.14. The number of sulfone groups is 1. The normalized spacial score (nSPS) is 15.4. The first kappa shape index (κ1) is 19.4. The summed E-state index contributed by atoms with van der Waals surface area (Å²) in [5.74, 6) is 0.00839. The third-order valence-corrected chi connectivity index (χ3v) is 4.90. The van der Waals surface area contributed by atoms with Crippen LogP contribution in [-0.4, -0.2) is 45.5 Å². The van der Waals surface area contributed by atoms with Crippen molar-refractivity contribution in [2.24, 2.45) is 5.92 Å². The maximum Gasteiger partial charge on any atom is 0.221 e. The molecule has 0 bridgehead atoms. The SMILES string of the molecule is CC(C)CS(=O)(=O)CCC(=O)NCC1=CCNCC1.Cl. The van der Waals surface area contributed by atoms with E-state index in [1.54, 1.807) is 0 Å². The third-order valence-electron chi connectivity index (χ3n) is 2.90. The van der Waals surface area contributed by atoms with Gasteiger partial charge in [-0.05, 0) is 18.9 Å². The second-order valence-corrected chi connectivity index (χ2v) is 7.58. The van der Waals surface area contributed by atoms with E-state index in [0.29, 0.717) is 6.54 Å². The van der Waals surface area contributed by atoms with Crippen molar-refractivity contribution in [2.45, 2.75) is 26.7 Å². The van der Waals surface area contributed by atoms with E-state index >= 15 is 0 Å². The van der Waals surface area contributed by atoms with Gasteiger partial charge in [0.15, 0.2) is 9.84 Å². The van der Waals surface area contributed by atoms with Crippen LogP contribution >= 0.6 is 12.4 Å². The summed E-state index contributed by atoms with van der Waals surface area (Å²) in [6, 6.07) is 0. The Kier molecular flexibility index (Phi) is 9.09. The van der Waals surface area contributed by atoms with Crippen LogP contribution in [0.2, 0.25) is 0 Å². The molecule has 0 atom stereocenters. The highest BCUT2D eigenvalue weighted by Gasteiger charge is 2.15. The summed E-state index contributed by atoms with van der Waals surface area (Å²) in [4.78, 5) is 11.6. The number of amides is 1. The molecule has 0 aromatic heterocycles. The van der Waals surface area contributed by atoms with Gasteiger partial charge in [0.1, 0.15) is 0 Å². The van der Waals surface area contributed by atoms with Crippen LogP contribution in [0.4, 0.5) is 0 Å². The molecule has 0 saturated heterocycles. The highest BCUT2D eigenvalue weighted by Crippen LogP contribution is 2.04. The zero-order chi connectivity index (χ0) is 14.3. The van der Waals surface area contributed by atoms with E-state index in [1.165, 1.54) is 5.57 Å². The van der Waals surface area contributed by atoms with Crippen LogP contribution in [0.25, 0.3) is 0 Å². The topological polar surface area (TPSA) is 75.3 Å². The van der Waals surface area contributed by atoms with Gasteiger partial charge in [0, 0.05) is 19.5 Å². The van der Waals surface area contributed by atoms with Crippen LogP contribution < -0.4 is 10.6 Å². The van der Waals surface area contributed by atoms with Crippen molar-refractivity contribution in [3.05, 3.63) is 11.6 Å². The minimum absolute atomic E-state index is 0. The minimum Gasteiger partial charge on any atom is -0.352 e. The van der Waals surface area contributed by atoms with Crippen LogP contribution in [-0.2, 0) is 14.6 Å². The van der Waals surface area contributed by atoms with Crippen LogP contribution in [0.1, 0.15) is 26.7 Å². The van der Waals surface area contributed by atoms with Crippen molar-refractivity contribution >= 4 is 28.2 Å². The number of carbonyl (C=O) groups excluding carboxylic acids is 1. The molecule has 0 aliphatic carbocycles. The van der Waals surface area contributed by atoms with Crippen molar-refractivity contribution in [1.29, 1.82) is 0 Å². The molecule has 20 heavy (non-hydrogen) atoms. The van der Waals surface area contributed by atoms with Crippen molar-refractivity contribution in [2.75, 3.05) is 31.1 Å². The Bertz CT molecular complexity index is 433. The van der Waals surface area contributed by atoms with Gasteiger partial charge in [0.2, 0.25) is 5.91 Å². The molecule has 7 heteroatoms. The molecule has 0 spiro atoms. The van der Waals surface area contributed by atoms with Crippen molar-refractivity contribution in [1.82, 2.24) is 10.6 Å². The van der Waals surface area contributed by atoms with Crippen LogP contribution in [0.15, 0.2) is 11.6 Å². The number of carbonyl (C=O) groups is 1. The number of rotatable bonds is 7. The standard InChI is InChI=1S/C13H24N2O3S.ClH/c1-11(2)10-19(17,18)8-5-13(16)15-9-12-3-6-14-7-4-12;/h3,11,14H,4-10H2,1-2H3,(H,15,16);1H. The van der Waals surface area contributed by atoms with E-state index in [1.807, 2.05) is 13.8 Å². The number of halogens is 1. The highest BCUT2D eigenvalue weighted by molar-refractivity contribution is 7.91. The average molecular weight is 325 g/mol. The molecule has 0 radical (unpaired) electrons. The van der Waals surface area contributed by atoms with E-state index < -0.39 is 9.84 Å². The van der Waals surface area contributed by atoms with Gasteiger partial charge in [0.25, 0.3) is 0 Å². The lowest BCUT2D eigenvalue weighted by atomic mass is 10.1. The molecule has 2 N–H and O–H groups in total. The maximum absolute atomic E-state index is 11.7. The fraction of sp³-hybridized carbons (Fsp3) is 0.769. The summed E-state index contributed by atoms with van der Waals surface area (Å²) >= 11 is 0. The van der Waals surface area contributed by atoms with Crippen LogP contribution in [0, 0.1) is 5.92 Å². The smallest absolute Gasteiger partial charge is 0.221 e. The average Bonchev–Trinajstić information content (AvgIpc) is 2.34. The van der Waals surface area contributed by atoms with Crippen molar-refractivity contribution in [3.8, 4) is 0 Å². The van der Waals surface area contributed by atoms with E-state index in [2.05, 4.69) is 16.7 Å². The zero-order valence-electron chi connectivity index (χ0n) is 12.1. The fourth-order valence-electron chi connectivity index (χ4n) is 1.97. The second kappa shape index (κ2) is 9.37. The summed E-state index contributed by atoms with van der Waals surface area (Å²) in [6.45, 7) is 6.03. The Hall–Kier alpha value is -0.590. The molecule has 1 aliphatic rings. The van der Waals surface area contributed by atoms with E-state index in [0.717, 1.165) is 19.5 Å². The monoisotopic (exact) mass is 324 g/mol. The highest BCUT2D eigenvalue weighted by atomic mass is 35.5. The van der Waals surface area contributed by atoms with E-state index in [4.69, 9.17) is 0 Å². The molecule has 0 aromatic carbocycles. The Morgan fingerprint density at radius 2 is 2.15 bits per heavy atom. The largest absolute Gasteiger partial charge is 0.352 e. The first-order chi connectivity index (χ1) is 8.89. The Morgan fingerprint density at radius 3 is 2.70 bits per heavy atom. The molecular weight excluding hydrogens is 300 g/mol. The van der Waals surface area contributed by atoms with Gasteiger partial charge in [-0.25, -0.2) is 8.42 Å². The summed E-state index contributed by atoms with van der Waals surface area (Å²) in [5, 5.41) is 5.98. The van der Waals surface area contributed by atoms with Crippen molar-refractivity contribution < 1.29 is 13.2 Å². The van der Waals surface area contributed by atoms with Crippen LogP contribution in [0.5, 0.6) is 0 Å². The van der Waals surface area contributed by atoms with Gasteiger partial charge in [-0.3, -0.25) is 4.79 Å². The molecule has 0 fully saturated rings. The predicted molar refractivity (Wildman–Crippen MR) is 83.9 cm³/mol. The maximum atomic E-state index is 11.7. The van der Waals surface area contributed by atoms with Gasteiger partial charge in [-0.15, -0.1) is 12.4 Å². The molecule has 5 nitrogen and oxygen atoms in total. The second-order valence-electron chi connectivity index (χ2n) is 5.35. The summed E-state index contributed by atoms with van der Waals surface area (Å²) in [6.07, 6.45) is 3.06. The Morgan fingerprint density at radius 1 is 1.45 bits per heavy atom. The van der Waals surface area contributed by atoms with Gasteiger partial charge in [-0.1, -0.05) is 25.5 Å². The summed E-state index contributed by atoms with van der Waals surface area (Å²) in [7, 11) is -3.10. The predicted octanol–water partition coefficient (Wildman–Crippen LogP) is 0.905. The first-order valence-corrected chi connectivity index (χ1v) is 8.57. The van der Waals surface area contributed by atoms with Gasteiger partial charge >= 0.3 is 0 Å². The van der Waals surface area contributed by atoms with Gasteiger partial charge < -0.3 is 10.6 Å². The first-order valence-electron chi connectivity index (χ1n) is 6.75.